The van der Waals surface area contributed by atoms with Crippen molar-refractivity contribution in [2.24, 2.45) is 11.1 Å². The molecule has 0 bridgehead atoms. The lowest BCUT2D eigenvalue weighted by molar-refractivity contribution is 0.0809. The number of nitrogens with zero attached hydrogens (tertiary/aromatic N) is 5. The molecule has 148 valence electrons. The van der Waals surface area contributed by atoms with Crippen LogP contribution in [0.15, 0.2) is 42.5 Å². The number of carbonyl (C=O) groups is 1. The molecule has 0 unspecified atom stereocenters. The van der Waals surface area contributed by atoms with E-state index in [1.807, 2.05) is 13.8 Å². The molecule has 0 atom stereocenters. The molecule has 0 saturated heterocycles. The van der Waals surface area contributed by atoms with Crippen LogP contribution in [0.4, 0.5) is 4.39 Å². The van der Waals surface area contributed by atoms with E-state index >= 15 is 0 Å². The minimum atomic E-state index is -0.356. The summed E-state index contributed by atoms with van der Waals surface area (Å²) in [4.78, 5) is 18.5. The Labute approximate surface area is 167 Å². The third-order valence-electron chi connectivity index (χ3n) is 5.13. The predicted octanol–water partition coefficient (Wildman–Crippen LogP) is 3.03. The highest BCUT2D eigenvalue weighted by Gasteiger charge is 2.35. The minimum absolute atomic E-state index is 0.118. The van der Waals surface area contributed by atoms with Gasteiger partial charge in [-0.05, 0) is 48.4 Å². The number of tetrazole rings is 1. The van der Waals surface area contributed by atoms with Gasteiger partial charge in [-0.3, -0.25) is 4.79 Å². The van der Waals surface area contributed by atoms with E-state index in [1.54, 1.807) is 30.3 Å². The van der Waals surface area contributed by atoms with Crippen LogP contribution in [-0.2, 0) is 13.0 Å². The summed E-state index contributed by atoms with van der Waals surface area (Å²) in [5, 5.41) is 12.4. The highest BCUT2D eigenvalue weighted by atomic mass is 19.1. The first kappa shape index (κ1) is 18.9. The van der Waals surface area contributed by atoms with Crippen LogP contribution in [0.1, 0.15) is 41.9 Å². The van der Waals surface area contributed by atoms with E-state index in [4.69, 9.17) is 5.73 Å². The van der Waals surface area contributed by atoms with E-state index in [-0.39, 0.29) is 23.6 Å². The molecule has 0 fully saturated rings. The third-order valence-corrected chi connectivity index (χ3v) is 5.13. The maximum Gasteiger partial charge on any atom is 0.223 e. The number of rotatable bonds is 4. The van der Waals surface area contributed by atoms with Crippen molar-refractivity contribution < 1.29 is 9.18 Å². The fourth-order valence-electron chi connectivity index (χ4n) is 3.32. The number of aromatic nitrogens is 5. The maximum absolute atomic E-state index is 13.3. The molecule has 4 rings (SSSR count). The molecule has 7 nitrogen and oxygen atoms in total. The maximum atomic E-state index is 13.3. The van der Waals surface area contributed by atoms with Crippen molar-refractivity contribution >= 4 is 11.5 Å². The summed E-state index contributed by atoms with van der Waals surface area (Å²) in [5.74, 6) is 0.149. The SMILES string of the molecule is CC1(C)CCc2nc(-c3nnn(C/C=C(\N)c4cccc(F)c4)n3)ccc2C1=O. The molecule has 0 amide bonds. The average molecular weight is 392 g/mol. The molecule has 2 N–H and O–H groups in total. The van der Waals surface area contributed by atoms with Gasteiger partial charge >= 0.3 is 0 Å². The Balaban J connectivity index is 1.53. The Bertz CT molecular complexity index is 1120. The van der Waals surface area contributed by atoms with Gasteiger partial charge in [-0.25, -0.2) is 9.37 Å². The van der Waals surface area contributed by atoms with Gasteiger partial charge in [0.05, 0.1) is 12.2 Å². The second-order valence-corrected chi connectivity index (χ2v) is 7.74. The van der Waals surface area contributed by atoms with Crippen molar-refractivity contribution in [1.29, 1.82) is 0 Å². The second kappa shape index (κ2) is 7.20. The molecule has 0 aliphatic heterocycles. The number of allylic oxidation sites excluding steroid dienone is 1. The molecule has 1 aliphatic carbocycles. The summed E-state index contributed by atoms with van der Waals surface area (Å²) < 4.78 is 13.3. The molecule has 0 radical (unpaired) electrons. The van der Waals surface area contributed by atoms with Gasteiger partial charge < -0.3 is 5.73 Å². The van der Waals surface area contributed by atoms with Crippen LogP contribution in [-0.4, -0.2) is 31.0 Å². The topological polar surface area (TPSA) is 99.6 Å². The fourth-order valence-corrected chi connectivity index (χ4v) is 3.32. The second-order valence-electron chi connectivity index (χ2n) is 7.74. The number of nitrogens with two attached hydrogens (primary N) is 1. The van der Waals surface area contributed by atoms with Crippen LogP contribution >= 0.6 is 0 Å². The number of fused-ring (bicyclic) bond motifs is 1. The summed E-state index contributed by atoms with van der Waals surface area (Å²) >= 11 is 0. The number of carbonyl (C=O) groups excluding carboxylic acids is 1. The van der Waals surface area contributed by atoms with Crippen molar-refractivity contribution in [2.45, 2.75) is 33.2 Å². The van der Waals surface area contributed by atoms with E-state index in [9.17, 15) is 9.18 Å². The molecule has 2 aromatic heterocycles. The molecular weight excluding hydrogens is 371 g/mol. The quantitative estimate of drug-likeness (QED) is 0.733. The molecule has 2 heterocycles. The Kier molecular flexibility index (Phi) is 4.70. The normalized spacial score (nSPS) is 16.0. The number of aryl methyl sites for hydroxylation is 1. The third kappa shape index (κ3) is 3.78. The van der Waals surface area contributed by atoms with Gasteiger partial charge in [0.1, 0.15) is 11.5 Å². The lowest BCUT2D eigenvalue weighted by atomic mass is 9.75. The number of pyridine rings is 1. The van der Waals surface area contributed by atoms with Crippen molar-refractivity contribution in [2.75, 3.05) is 0 Å². The van der Waals surface area contributed by atoms with Crippen LogP contribution in [0.25, 0.3) is 17.2 Å². The minimum Gasteiger partial charge on any atom is -0.398 e. The number of hydrogen-bond donors (Lipinski definition) is 1. The number of benzene rings is 1. The molecule has 1 aliphatic rings. The Morgan fingerprint density at radius 3 is 2.93 bits per heavy atom. The van der Waals surface area contributed by atoms with Gasteiger partial charge in [0, 0.05) is 22.2 Å². The lowest BCUT2D eigenvalue weighted by Crippen LogP contribution is -2.31. The smallest absolute Gasteiger partial charge is 0.223 e. The summed E-state index contributed by atoms with van der Waals surface area (Å²) in [6.07, 6.45) is 3.20. The van der Waals surface area contributed by atoms with Gasteiger partial charge in [0.2, 0.25) is 5.82 Å². The fraction of sp³-hybridized carbons (Fsp3) is 0.286. The van der Waals surface area contributed by atoms with Crippen LogP contribution in [0.2, 0.25) is 0 Å². The summed E-state index contributed by atoms with van der Waals surface area (Å²) in [5.41, 5.74) is 8.68. The zero-order valence-electron chi connectivity index (χ0n) is 16.3. The first-order valence-corrected chi connectivity index (χ1v) is 9.38. The van der Waals surface area contributed by atoms with Gasteiger partial charge in [-0.15, -0.1) is 10.2 Å². The van der Waals surface area contributed by atoms with E-state index in [2.05, 4.69) is 20.4 Å². The number of ketones is 1. The predicted molar refractivity (Wildman–Crippen MR) is 106 cm³/mol. The van der Waals surface area contributed by atoms with Crippen LogP contribution in [0.3, 0.4) is 0 Å². The Morgan fingerprint density at radius 1 is 1.31 bits per heavy atom. The number of hydrogen-bond acceptors (Lipinski definition) is 6. The lowest BCUT2D eigenvalue weighted by Gasteiger charge is -2.28. The monoisotopic (exact) mass is 392 g/mol. The van der Waals surface area contributed by atoms with Gasteiger partial charge in [-0.1, -0.05) is 26.0 Å². The number of Topliss-reactive ketones (excluding diaryl/α,β-unsaturated/α-hetero) is 1. The van der Waals surface area contributed by atoms with Crippen LogP contribution in [0, 0.1) is 11.2 Å². The van der Waals surface area contributed by atoms with E-state index in [0.29, 0.717) is 28.3 Å². The van der Waals surface area contributed by atoms with Gasteiger partial charge in [0.25, 0.3) is 0 Å². The Hall–Kier alpha value is -3.42. The summed E-state index contributed by atoms with van der Waals surface area (Å²) in [6.45, 7) is 4.21. The van der Waals surface area contributed by atoms with Crippen molar-refractivity contribution in [3.05, 3.63) is 65.1 Å². The molecule has 1 aromatic carbocycles. The zero-order valence-corrected chi connectivity index (χ0v) is 16.3. The van der Waals surface area contributed by atoms with Gasteiger partial charge in [-0.2, -0.15) is 4.80 Å². The first-order chi connectivity index (χ1) is 13.8. The van der Waals surface area contributed by atoms with Crippen molar-refractivity contribution in [3.8, 4) is 11.5 Å². The standard InChI is InChI=1S/C21H21FN6O/c1-21(2)10-8-17-15(19(21)29)6-7-18(24-17)20-25-27-28(26-20)11-9-16(23)13-4-3-5-14(22)12-13/h3-7,9,12H,8,10-11,23H2,1-2H3/b16-9-. The van der Waals surface area contributed by atoms with Crippen LogP contribution < -0.4 is 5.73 Å². The highest BCUT2D eigenvalue weighted by Crippen LogP contribution is 2.34. The number of halogens is 1. The molecule has 29 heavy (non-hydrogen) atoms. The van der Waals surface area contributed by atoms with Crippen molar-refractivity contribution in [3.63, 3.8) is 0 Å². The molecule has 8 heteroatoms. The van der Waals surface area contributed by atoms with Crippen LogP contribution in [0.5, 0.6) is 0 Å². The van der Waals surface area contributed by atoms with E-state index in [0.717, 1.165) is 18.5 Å². The van der Waals surface area contributed by atoms with E-state index in [1.165, 1.54) is 16.9 Å². The van der Waals surface area contributed by atoms with Gasteiger partial charge in [0.15, 0.2) is 5.78 Å². The molecular formula is C21H21FN6O. The largest absolute Gasteiger partial charge is 0.398 e. The molecule has 0 saturated carbocycles. The van der Waals surface area contributed by atoms with E-state index < -0.39 is 0 Å². The summed E-state index contributed by atoms with van der Waals surface area (Å²) in [6, 6.07) is 9.60. The Morgan fingerprint density at radius 2 is 2.14 bits per heavy atom. The summed E-state index contributed by atoms with van der Waals surface area (Å²) in [7, 11) is 0. The molecule has 0 spiro atoms. The molecule has 3 aromatic rings. The average Bonchev–Trinajstić information content (AvgIpc) is 3.18. The first-order valence-electron chi connectivity index (χ1n) is 9.38. The highest BCUT2D eigenvalue weighted by molar-refractivity contribution is 6.02. The van der Waals surface area contributed by atoms with Crippen molar-refractivity contribution in [1.82, 2.24) is 25.2 Å². The zero-order chi connectivity index (χ0) is 20.6.